The Labute approximate surface area is 146 Å². The molecule has 3 rings (SSSR count). The number of esters is 1. The van der Waals surface area contributed by atoms with Crippen LogP contribution in [0.15, 0.2) is 48.5 Å². The minimum absolute atomic E-state index is 0.295. The Hall–Kier alpha value is -3.08. The standard InChI is InChI=1S/C20H21N3O2/c1-12(2)18-17(13-8-10-16(21)11-9-13)19(23-22-18)14-4-6-15(7-5-14)20(24)25-3/h4-12H,21H2,1-3H3,(H,22,23). The lowest BCUT2D eigenvalue weighted by Gasteiger charge is -2.10. The molecule has 0 spiro atoms. The first-order chi connectivity index (χ1) is 12.0. The molecule has 0 saturated heterocycles. The third kappa shape index (κ3) is 3.26. The van der Waals surface area contributed by atoms with Gasteiger partial charge < -0.3 is 10.5 Å². The molecule has 5 nitrogen and oxygen atoms in total. The Morgan fingerprint density at radius 3 is 2.20 bits per heavy atom. The number of aromatic amines is 1. The quantitative estimate of drug-likeness (QED) is 0.552. The number of aromatic nitrogens is 2. The average Bonchev–Trinajstić information content (AvgIpc) is 3.07. The van der Waals surface area contributed by atoms with E-state index in [-0.39, 0.29) is 5.97 Å². The van der Waals surface area contributed by atoms with E-state index >= 15 is 0 Å². The number of carbonyl (C=O) groups is 1. The lowest BCUT2D eigenvalue weighted by Crippen LogP contribution is -2.00. The monoisotopic (exact) mass is 335 g/mol. The highest BCUT2D eigenvalue weighted by Gasteiger charge is 2.19. The summed E-state index contributed by atoms with van der Waals surface area (Å²) in [7, 11) is 1.37. The molecule has 5 heteroatoms. The molecule has 25 heavy (non-hydrogen) atoms. The topological polar surface area (TPSA) is 81.0 Å². The van der Waals surface area contributed by atoms with Crippen molar-refractivity contribution in [1.29, 1.82) is 0 Å². The summed E-state index contributed by atoms with van der Waals surface area (Å²) in [5.74, 6) is -0.0571. The largest absolute Gasteiger partial charge is 0.465 e. The molecule has 0 radical (unpaired) electrons. The van der Waals surface area contributed by atoms with Gasteiger partial charge >= 0.3 is 5.97 Å². The Balaban J connectivity index is 2.10. The summed E-state index contributed by atoms with van der Waals surface area (Å²) in [4.78, 5) is 11.6. The number of H-pyrrole nitrogens is 1. The van der Waals surface area contributed by atoms with Crippen molar-refractivity contribution < 1.29 is 9.53 Å². The summed E-state index contributed by atoms with van der Waals surface area (Å²) in [5.41, 5.74) is 12.0. The number of benzene rings is 2. The first kappa shape index (κ1) is 16.8. The van der Waals surface area contributed by atoms with Crippen molar-refractivity contribution in [3.63, 3.8) is 0 Å². The second-order valence-corrected chi connectivity index (χ2v) is 6.21. The molecule has 0 aliphatic heterocycles. The van der Waals surface area contributed by atoms with Crippen LogP contribution in [-0.4, -0.2) is 23.3 Å². The zero-order valence-electron chi connectivity index (χ0n) is 14.5. The van der Waals surface area contributed by atoms with E-state index in [2.05, 4.69) is 24.0 Å². The van der Waals surface area contributed by atoms with Crippen LogP contribution in [0.4, 0.5) is 5.69 Å². The summed E-state index contributed by atoms with van der Waals surface area (Å²) in [6, 6.07) is 15.0. The second kappa shape index (κ2) is 6.81. The summed E-state index contributed by atoms with van der Waals surface area (Å²) >= 11 is 0. The van der Waals surface area contributed by atoms with Gasteiger partial charge in [-0.25, -0.2) is 4.79 Å². The molecule has 0 aliphatic rings. The van der Waals surface area contributed by atoms with Crippen LogP contribution in [0.1, 0.15) is 35.8 Å². The van der Waals surface area contributed by atoms with Gasteiger partial charge in [0.05, 0.1) is 12.7 Å². The highest BCUT2D eigenvalue weighted by Crippen LogP contribution is 2.36. The lowest BCUT2D eigenvalue weighted by atomic mass is 9.94. The van der Waals surface area contributed by atoms with E-state index in [1.165, 1.54) is 7.11 Å². The number of ether oxygens (including phenoxy) is 1. The maximum atomic E-state index is 11.6. The van der Waals surface area contributed by atoms with Gasteiger partial charge in [-0.05, 0) is 35.7 Å². The number of nitrogens with one attached hydrogen (secondary N) is 1. The predicted octanol–water partition coefficient (Wildman–Crippen LogP) is 4.24. The van der Waals surface area contributed by atoms with Gasteiger partial charge in [-0.15, -0.1) is 0 Å². The van der Waals surface area contributed by atoms with Crippen molar-refractivity contribution >= 4 is 11.7 Å². The van der Waals surface area contributed by atoms with E-state index in [9.17, 15) is 4.79 Å². The van der Waals surface area contributed by atoms with Gasteiger partial charge in [0, 0.05) is 22.5 Å². The van der Waals surface area contributed by atoms with Crippen LogP contribution >= 0.6 is 0 Å². The van der Waals surface area contributed by atoms with Gasteiger partial charge in [-0.3, -0.25) is 5.10 Å². The number of hydrogen-bond donors (Lipinski definition) is 2. The summed E-state index contributed by atoms with van der Waals surface area (Å²) in [6.45, 7) is 4.25. The third-order valence-corrected chi connectivity index (χ3v) is 4.15. The van der Waals surface area contributed by atoms with E-state index in [0.29, 0.717) is 11.5 Å². The van der Waals surface area contributed by atoms with E-state index < -0.39 is 0 Å². The van der Waals surface area contributed by atoms with Crippen molar-refractivity contribution in [2.75, 3.05) is 12.8 Å². The zero-order valence-corrected chi connectivity index (χ0v) is 14.5. The lowest BCUT2D eigenvalue weighted by molar-refractivity contribution is 0.0601. The number of nitrogens with zero attached hydrogens (tertiary/aromatic N) is 1. The molecule has 0 unspecified atom stereocenters. The van der Waals surface area contributed by atoms with Crippen LogP contribution in [0.3, 0.4) is 0 Å². The Kier molecular flexibility index (Phi) is 4.57. The van der Waals surface area contributed by atoms with Crippen molar-refractivity contribution in [3.8, 4) is 22.4 Å². The average molecular weight is 335 g/mol. The number of nitrogen functional groups attached to an aromatic ring is 1. The van der Waals surface area contributed by atoms with Gasteiger partial charge in [0.15, 0.2) is 0 Å². The van der Waals surface area contributed by atoms with Gasteiger partial charge in [-0.2, -0.15) is 5.10 Å². The van der Waals surface area contributed by atoms with Crippen molar-refractivity contribution in [2.45, 2.75) is 19.8 Å². The van der Waals surface area contributed by atoms with E-state index in [1.54, 1.807) is 12.1 Å². The number of rotatable bonds is 4. The van der Waals surface area contributed by atoms with Crippen molar-refractivity contribution in [2.24, 2.45) is 0 Å². The van der Waals surface area contributed by atoms with Crippen LogP contribution in [0.25, 0.3) is 22.4 Å². The molecule has 0 saturated carbocycles. The zero-order chi connectivity index (χ0) is 18.0. The predicted molar refractivity (Wildman–Crippen MR) is 99.3 cm³/mol. The third-order valence-electron chi connectivity index (χ3n) is 4.15. The number of carbonyl (C=O) groups excluding carboxylic acids is 1. The van der Waals surface area contributed by atoms with Crippen molar-refractivity contribution in [1.82, 2.24) is 10.2 Å². The Bertz CT molecular complexity index is 878. The van der Waals surface area contributed by atoms with E-state index in [0.717, 1.165) is 33.8 Å². The maximum absolute atomic E-state index is 11.6. The molecule has 0 amide bonds. The summed E-state index contributed by atoms with van der Waals surface area (Å²) < 4.78 is 4.75. The van der Waals surface area contributed by atoms with Crippen LogP contribution in [0, 0.1) is 0 Å². The second-order valence-electron chi connectivity index (χ2n) is 6.21. The van der Waals surface area contributed by atoms with Gasteiger partial charge in [0.25, 0.3) is 0 Å². The minimum Gasteiger partial charge on any atom is -0.465 e. The number of anilines is 1. The Morgan fingerprint density at radius 2 is 1.64 bits per heavy atom. The molecule has 1 heterocycles. The highest BCUT2D eigenvalue weighted by molar-refractivity contribution is 5.90. The molecule has 0 fully saturated rings. The van der Waals surface area contributed by atoms with Crippen LogP contribution < -0.4 is 5.73 Å². The van der Waals surface area contributed by atoms with Crippen LogP contribution in [0.5, 0.6) is 0 Å². The number of methoxy groups -OCH3 is 1. The first-order valence-corrected chi connectivity index (χ1v) is 8.14. The first-order valence-electron chi connectivity index (χ1n) is 8.14. The van der Waals surface area contributed by atoms with Gasteiger partial charge in [-0.1, -0.05) is 38.1 Å². The smallest absolute Gasteiger partial charge is 0.337 e. The molecule has 0 atom stereocenters. The van der Waals surface area contributed by atoms with Crippen LogP contribution in [-0.2, 0) is 4.74 Å². The highest BCUT2D eigenvalue weighted by atomic mass is 16.5. The summed E-state index contributed by atoms with van der Waals surface area (Å²) in [6.07, 6.45) is 0. The van der Waals surface area contributed by atoms with Gasteiger partial charge in [0.1, 0.15) is 5.69 Å². The van der Waals surface area contributed by atoms with Crippen LogP contribution in [0.2, 0.25) is 0 Å². The SMILES string of the molecule is COC(=O)c1ccc(-c2n[nH]c(C(C)C)c2-c2ccc(N)cc2)cc1. The van der Waals surface area contributed by atoms with Crippen molar-refractivity contribution in [3.05, 3.63) is 59.8 Å². The molecule has 3 aromatic rings. The normalized spacial score (nSPS) is 10.9. The fraction of sp³-hybridized carbons (Fsp3) is 0.200. The van der Waals surface area contributed by atoms with E-state index in [4.69, 9.17) is 10.5 Å². The minimum atomic E-state index is -0.352. The van der Waals surface area contributed by atoms with E-state index in [1.807, 2.05) is 36.4 Å². The molecule has 0 aliphatic carbocycles. The molecular weight excluding hydrogens is 314 g/mol. The molecule has 1 aromatic heterocycles. The fourth-order valence-corrected chi connectivity index (χ4v) is 2.81. The number of nitrogens with two attached hydrogens (primary N) is 1. The molecule has 3 N–H and O–H groups in total. The Morgan fingerprint density at radius 1 is 1.04 bits per heavy atom. The maximum Gasteiger partial charge on any atom is 0.337 e. The molecule has 2 aromatic carbocycles. The number of hydrogen-bond acceptors (Lipinski definition) is 4. The van der Waals surface area contributed by atoms with Gasteiger partial charge in [0.2, 0.25) is 0 Å². The molecular formula is C20H21N3O2. The molecule has 0 bridgehead atoms. The summed E-state index contributed by atoms with van der Waals surface area (Å²) in [5, 5.41) is 7.69. The molecule has 128 valence electrons. The fourth-order valence-electron chi connectivity index (χ4n) is 2.81.